The van der Waals surface area contributed by atoms with Gasteiger partial charge in [-0.05, 0) is 91.7 Å². The van der Waals surface area contributed by atoms with Crippen LogP contribution in [0.3, 0.4) is 0 Å². The predicted octanol–water partition coefficient (Wildman–Crippen LogP) is 6.46. The van der Waals surface area contributed by atoms with E-state index in [2.05, 4.69) is 16.0 Å². The summed E-state index contributed by atoms with van der Waals surface area (Å²) in [6.07, 6.45) is 1.53. The van der Waals surface area contributed by atoms with Crippen LogP contribution in [0, 0.1) is 13.8 Å². The summed E-state index contributed by atoms with van der Waals surface area (Å²) in [5.41, 5.74) is 4.46. The first kappa shape index (κ1) is 30.9. The van der Waals surface area contributed by atoms with E-state index in [-0.39, 0.29) is 17.4 Å². The number of rotatable bonds is 11. The van der Waals surface area contributed by atoms with Gasteiger partial charge in [0.25, 0.3) is 11.8 Å². The summed E-state index contributed by atoms with van der Waals surface area (Å²) >= 11 is 1.35. The summed E-state index contributed by atoms with van der Waals surface area (Å²) in [6.45, 7) is 4.02. The maximum absolute atomic E-state index is 13.5. The predicted molar refractivity (Wildman–Crippen MR) is 172 cm³/mol. The summed E-state index contributed by atoms with van der Waals surface area (Å²) in [5, 5.41) is 8.51. The van der Waals surface area contributed by atoms with Gasteiger partial charge in [-0.15, -0.1) is 11.8 Å². The van der Waals surface area contributed by atoms with Crippen molar-refractivity contribution in [2.24, 2.45) is 0 Å². The van der Waals surface area contributed by atoms with Gasteiger partial charge >= 0.3 is 0 Å². The molecule has 0 aromatic heterocycles. The Labute approximate surface area is 255 Å². The number of amides is 3. The van der Waals surface area contributed by atoms with Crippen LogP contribution in [0.25, 0.3) is 6.08 Å². The van der Waals surface area contributed by atoms with Gasteiger partial charge < -0.3 is 25.4 Å². The molecule has 0 unspecified atom stereocenters. The van der Waals surface area contributed by atoms with Gasteiger partial charge in [0.2, 0.25) is 5.91 Å². The van der Waals surface area contributed by atoms with Crippen LogP contribution in [-0.4, -0.2) is 37.7 Å². The first-order valence-electron chi connectivity index (χ1n) is 13.5. The molecule has 0 spiro atoms. The minimum absolute atomic E-state index is 0.00577. The Morgan fingerprint density at radius 1 is 0.767 bits per heavy atom. The standard InChI is InChI=1S/C34H33N3O5S/c1-22-13-14-27(17-23(22)2)35-32(38)21-43-29-12-8-11-26(20-29)36-34(40)30(37-33(39)24-9-6-5-7-10-24)19-25-18-28(41-3)15-16-31(25)42-4/h5-20H,21H2,1-4H3,(H,35,38)(H,36,40)(H,37,39)/b30-19+. The van der Waals surface area contributed by atoms with Crippen molar-refractivity contribution in [3.05, 3.63) is 119 Å². The average Bonchev–Trinajstić information content (AvgIpc) is 3.02. The molecule has 4 rings (SSSR count). The van der Waals surface area contributed by atoms with Crippen LogP contribution in [0.2, 0.25) is 0 Å². The molecule has 3 N–H and O–H groups in total. The molecule has 0 fully saturated rings. The van der Waals surface area contributed by atoms with E-state index in [1.54, 1.807) is 66.7 Å². The minimum Gasteiger partial charge on any atom is -0.497 e. The van der Waals surface area contributed by atoms with Crippen LogP contribution < -0.4 is 25.4 Å². The Balaban J connectivity index is 1.51. The molecule has 4 aromatic rings. The molecular formula is C34H33N3O5S. The summed E-state index contributed by atoms with van der Waals surface area (Å²) in [7, 11) is 3.06. The summed E-state index contributed by atoms with van der Waals surface area (Å²) < 4.78 is 10.8. The highest BCUT2D eigenvalue weighted by molar-refractivity contribution is 8.00. The van der Waals surface area contributed by atoms with Gasteiger partial charge in [0.15, 0.2) is 0 Å². The van der Waals surface area contributed by atoms with Gasteiger partial charge in [0, 0.05) is 27.4 Å². The van der Waals surface area contributed by atoms with Gasteiger partial charge in [-0.2, -0.15) is 0 Å². The third-order valence-corrected chi connectivity index (χ3v) is 7.51. The molecule has 0 radical (unpaired) electrons. The fraction of sp³-hybridized carbons (Fsp3) is 0.147. The highest BCUT2D eigenvalue weighted by Crippen LogP contribution is 2.27. The number of thioether (sulfide) groups is 1. The van der Waals surface area contributed by atoms with Crippen molar-refractivity contribution in [1.29, 1.82) is 0 Å². The van der Waals surface area contributed by atoms with E-state index in [0.29, 0.717) is 28.3 Å². The lowest BCUT2D eigenvalue weighted by atomic mass is 10.1. The lowest BCUT2D eigenvalue weighted by molar-refractivity contribution is -0.114. The van der Waals surface area contributed by atoms with Crippen LogP contribution in [0.4, 0.5) is 11.4 Å². The third kappa shape index (κ3) is 8.73. The lowest BCUT2D eigenvalue weighted by Gasteiger charge is -2.14. The van der Waals surface area contributed by atoms with Crippen molar-refractivity contribution < 1.29 is 23.9 Å². The number of carbonyl (C=O) groups is 3. The molecule has 3 amide bonds. The molecule has 0 aliphatic carbocycles. The zero-order valence-corrected chi connectivity index (χ0v) is 25.2. The van der Waals surface area contributed by atoms with Crippen molar-refractivity contribution in [3.8, 4) is 11.5 Å². The fourth-order valence-corrected chi connectivity index (χ4v) is 4.83. The molecule has 8 nitrogen and oxygen atoms in total. The molecule has 0 atom stereocenters. The number of aryl methyl sites for hydroxylation is 2. The molecule has 0 saturated carbocycles. The number of carbonyl (C=O) groups excluding carboxylic acids is 3. The van der Waals surface area contributed by atoms with Gasteiger partial charge in [-0.25, -0.2) is 0 Å². The number of nitrogens with one attached hydrogen (secondary N) is 3. The van der Waals surface area contributed by atoms with E-state index in [0.717, 1.165) is 21.7 Å². The quantitative estimate of drug-likeness (QED) is 0.136. The summed E-state index contributed by atoms with van der Waals surface area (Å²) in [6, 6.07) is 26.7. The molecule has 0 aliphatic heterocycles. The van der Waals surface area contributed by atoms with Crippen LogP contribution in [-0.2, 0) is 9.59 Å². The van der Waals surface area contributed by atoms with Gasteiger partial charge in [-0.3, -0.25) is 14.4 Å². The molecule has 9 heteroatoms. The van der Waals surface area contributed by atoms with Crippen LogP contribution in [0.1, 0.15) is 27.0 Å². The smallest absolute Gasteiger partial charge is 0.272 e. The summed E-state index contributed by atoms with van der Waals surface area (Å²) in [4.78, 5) is 39.9. The molecule has 0 heterocycles. The second-order valence-electron chi connectivity index (χ2n) is 9.60. The topological polar surface area (TPSA) is 106 Å². The molecule has 43 heavy (non-hydrogen) atoms. The summed E-state index contributed by atoms with van der Waals surface area (Å²) in [5.74, 6) is 0.138. The highest BCUT2D eigenvalue weighted by Gasteiger charge is 2.17. The Hall–Kier alpha value is -5.02. The number of anilines is 2. The second-order valence-corrected chi connectivity index (χ2v) is 10.7. The molecular weight excluding hydrogens is 562 g/mol. The molecule has 0 aliphatic rings. The lowest BCUT2D eigenvalue weighted by Crippen LogP contribution is -2.30. The normalized spacial score (nSPS) is 10.9. The van der Waals surface area contributed by atoms with Crippen molar-refractivity contribution in [2.45, 2.75) is 18.7 Å². The SMILES string of the molecule is COc1ccc(OC)c(/C=C(/NC(=O)c2ccccc2)C(=O)Nc2cccc(SCC(=O)Nc3ccc(C)c(C)c3)c2)c1. The minimum atomic E-state index is -0.538. The van der Waals surface area contributed by atoms with Crippen molar-refractivity contribution >= 4 is 46.9 Å². The number of hydrogen-bond donors (Lipinski definition) is 3. The zero-order valence-electron chi connectivity index (χ0n) is 24.4. The number of methoxy groups -OCH3 is 2. The largest absolute Gasteiger partial charge is 0.497 e. The fourth-order valence-electron chi connectivity index (χ4n) is 4.08. The van der Waals surface area contributed by atoms with E-state index in [9.17, 15) is 14.4 Å². The van der Waals surface area contributed by atoms with Crippen molar-refractivity contribution in [1.82, 2.24) is 5.32 Å². The van der Waals surface area contributed by atoms with Crippen molar-refractivity contribution in [3.63, 3.8) is 0 Å². The van der Waals surface area contributed by atoms with Crippen LogP contribution in [0.5, 0.6) is 11.5 Å². The van der Waals surface area contributed by atoms with Gasteiger partial charge in [-0.1, -0.05) is 30.3 Å². The van der Waals surface area contributed by atoms with Crippen molar-refractivity contribution in [2.75, 3.05) is 30.6 Å². The molecule has 0 saturated heterocycles. The Kier molecular flexibility index (Phi) is 10.6. The van der Waals surface area contributed by atoms with E-state index in [4.69, 9.17) is 9.47 Å². The maximum Gasteiger partial charge on any atom is 0.272 e. The Morgan fingerprint density at radius 2 is 1.53 bits per heavy atom. The first-order valence-corrected chi connectivity index (χ1v) is 14.5. The third-order valence-electron chi connectivity index (χ3n) is 6.52. The van der Waals surface area contributed by atoms with E-state index in [1.165, 1.54) is 32.1 Å². The van der Waals surface area contributed by atoms with Gasteiger partial charge in [0.05, 0.1) is 20.0 Å². The Morgan fingerprint density at radius 3 is 2.26 bits per heavy atom. The molecule has 220 valence electrons. The maximum atomic E-state index is 13.5. The van der Waals surface area contributed by atoms with Gasteiger partial charge in [0.1, 0.15) is 17.2 Å². The second kappa shape index (κ2) is 14.7. The monoisotopic (exact) mass is 595 g/mol. The number of benzene rings is 4. The number of hydrogen-bond acceptors (Lipinski definition) is 6. The highest BCUT2D eigenvalue weighted by atomic mass is 32.2. The van der Waals surface area contributed by atoms with E-state index in [1.807, 2.05) is 38.1 Å². The van der Waals surface area contributed by atoms with Crippen LogP contribution in [0.15, 0.2) is 102 Å². The first-order chi connectivity index (χ1) is 20.7. The average molecular weight is 596 g/mol. The zero-order chi connectivity index (χ0) is 30.8. The molecule has 0 bridgehead atoms. The number of ether oxygens (including phenoxy) is 2. The Bertz CT molecular complexity index is 1650. The van der Waals surface area contributed by atoms with E-state index >= 15 is 0 Å². The van der Waals surface area contributed by atoms with Crippen LogP contribution >= 0.6 is 11.8 Å². The van der Waals surface area contributed by atoms with E-state index < -0.39 is 11.8 Å². The molecule has 4 aromatic carbocycles.